The van der Waals surface area contributed by atoms with Crippen LogP contribution in [-0.2, 0) is 23.0 Å². The number of aliphatic imine (C=N–C) groups is 1. The summed E-state index contributed by atoms with van der Waals surface area (Å²) in [6.45, 7) is 6.69. The van der Waals surface area contributed by atoms with Crippen LogP contribution in [-0.4, -0.2) is 50.3 Å². The van der Waals surface area contributed by atoms with Crippen molar-refractivity contribution in [3.05, 3.63) is 45.9 Å². The van der Waals surface area contributed by atoms with Gasteiger partial charge in [-0.2, -0.15) is 4.31 Å². The van der Waals surface area contributed by atoms with Gasteiger partial charge in [-0.25, -0.2) is 13.4 Å². The van der Waals surface area contributed by atoms with E-state index in [1.54, 1.807) is 34.8 Å². The molecular formula is C21H31N5O2S2. The Hall–Kier alpha value is -1.97. The third-order valence-corrected chi connectivity index (χ3v) is 8.02. The molecule has 0 aliphatic carbocycles. The molecule has 1 unspecified atom stereocenters. The van der Waals surface area contributed by atoms with E-state index in [0.717, 1.165) is 36.4 Å². The van der Waals surface area contributed by atoms with Crippen LogP contribution < -0.4 is 10.6 Å². The number of sulfonamides is 1. The monoisotopic (exact) mass is 449 g/mol. The lowest BCUT2D eigenvalue weighted by molar-refractivity contribution is 0.281. The number of thiazole rings is 1. The van der Waals surface area contributed by atoms with Gasteiger partial charge in [-0.05, 0) is 43.4 Å². The van der Waals surface area contributed by atoms with Gasteiger partial charge in [-0.15, -0.1) is 11.3 Å². The van der Waals surface area contributed by atoms with Crippen molar-refractivity contribution in [2.75, 3.05) is 26.7 Å². The molecule has 2 aromatic rings. The lowest BCUT2D eigenvalue weighted by atomic mass is 10.0. The summed E-state index contributed by atoms with van der Waals surface area (Å²) in [4.78, 5) is 10.2. The highest BCUT2D eigenvalue weighted by Crippen LogP contribution is 2.23. The maximum Gasteiger partial charge on any atom is 0.243 e. The van der Waals surface area contributed by atoms with E-state index in [1.165, 1.54) is 4.88 Å². The van der Waals surface area contributed by atoms with Crippen molar-refractivity contribution < 1.29 is 8.42 Å². The zero-order chi connectivity index (χ0) is 21.6. The van der Waals surface area contributed by atoms with Crippen LogP contribution in [0.5, 0.6) is 0 Å². The fourth-order valence-corrected chi connectivity index (χ4v) is 5.89. The van der Waals surface area contributed by atoms with E-state index in [4.69, 9.17) is 0 Å². The highest BCUT2D eigenvalue weighted by Gasteiger charge is 2.28. The summed E-state index contributed by atoms with van der Waals surface area (Å²) in [5.41, 5.74) is 1.000. The van der Waals surface area contributed by atoms with Gasteiger partial charge in [0.15, 0.2) is 5.96 Å². The van der Waals surface area contributed by atoms with Crippen LogP contribution in [0.3, 0.4) is 0 Å². The van der Waals surface area contributed by atoms with Crippen LogP contribution in [0.1, 0.15) is 35.2 Å². The van der Waals surface area contributed by atoms with Crippen molar-refractivity contribution in [1.82, 2.24) is 19.9 Å². The first kappa shape index (κ1) is 22.7. The largest absolute Gasteiger partial charge is 0.356 e. The van der Waals surface area contributed by atoms with Crippen molar-refractivity contribution in [2.24, 2.45) is 10.9 Å². The maximum atomic E-state index is 12.9. The van der Waals surface area contributed by atoms with Crippen molar-refractivity contribution in [1.29, 1.82) is 0 Å². The first-order valence-electron chi connectivity index (χ1n) is 10.3. The fourth-order valence-electron chi connectivity index (χ4n) is 3.50. The average molecular weight is 450 g/mol. The Bertz CT molecular complexity index is 954. The molecule has 0 saturated carbocycles. The van der Waals surface area contributed by atoms with Gasteiger partial charge >= 0.3 is 0 Å². The molecule has 9 heteroatoms. The minimum absolute atomic E-state index is 0.363. The fraction of sp³-hybridized carbons (Fsp3) is 0.524. The predicted octanol–water partition coefficient (Wildman–Crippen LogP) is 2.78. The van der Waals surface area contributed by atoms with Crippen molar-refractivity contribution in [3.8, 4) is 0 Å². The van der Waals surface area contributed by atoms with Gasteiger partial charge < -0.3 is 10.6 Å². The second-order valence-corrected chi connectivity index (χ2v) is 11.0. The van der Waals surface area contributed by atoms with E-state index < -0.39 is 10.0 Å². The number of nitrogens with one attached hydrogen (secondary N) is 2. The summed E-state index contributed by atoms with van der Waals surface area (Å²) < 4.78 is 27.4. The van der Waals surface area contributed by atoms with Crippen molar-refractivity contribution in [2.45, 2.75) is 44.6 Å². The molecule has 0 amide bonds. The third-order valence-electron chi connectivity index (χ3n) is 5.16. The molecule has 2 N–H and O–H groups in total. The number of nitrogens with zero attached hydrogens (tertiary/aromatic N) is 3. The molecule has 0 radical (unpaired) electrons. The SMILES string of the molecule is CN=C(NCCc1ncc(C)s1)NCc1ccc(S(=O)(=O)N2CCCC(C)C2)cc1. The minimum Gasteiger partial charge on any atom is -0.356 e. The molecule has 1 aliphatic heterocycles. The Morgan fingerprint density at radius 1 is 1.30 bits per heavy atom. The summed E-state index contributed by atoms with van der Waals surface area (Å²) in [7, 11) is -1.68. The Kier molecular flexibility index (Phi) is 7.85. The molecule has 1 atom stereocenters. The molecule has 1 fully saturated rings. The average Bonchev–Trinajstić information content (AvgIpc) is 3.16. The Morgan fingerprint density at radius 3 is 2.70 bits per heavy atom. The normalized spacial score (nSPS) is 18.4. The molecular weight excluding hydrogens is 418 g/mol. The predicted molar refractivity (Wildman–Crippen MR) is 122 cm³/mol. The van der Waals surface area contributed by atoms with E-state index in [0.29, 0.717) is 36.4 Å². The topological polar surface area (TPSA) is 86.7 Å². The van der Waals surface area contributed by atoms with Crippen LogP contribution in [0, 0.1) is 12.8 Å². The number of guanidine groups is 1. The molecule has 1 aromatic heterocycles. The first-order chi connectivity index (χ1) is 14.4. The smallest absolute Gasteiger partial charge is 0.243 e. The molecule has 1 aliphatic rings. The first-order valence-corrected chi connectivity index (χ1v) is 12.6. The number of aryl methyl sites for hydroxylation is 1. The zero-order valence-electron chi connectivity index (χ0n) is 17.9. The summed E-state index contributed by atoms with van der Waals surface area (Å²) in [5, 5.41) is 7.66. The minimum atomic E-state index is -3.41. The Balaban J connectivity index is 1.50. The van der Waals surface area contributed by atoms with Crippen molar-refractivity contribution >= 4 is 27.3 Å². The third kappa shape index (κ3) is 6.02. The summed E-state index contributed by atoms with van der Waals surface area (Å²) in [6, 6.07) is 7.12. The van der Waals surface area contributed by atoms with Crippen LogP contribution in [0.4, 0.5) is 0 Å². The van der Waals surface area contributed by atoms with Crippen LogP contribution >= 0.6 is 11.3 Å². The molecule has 2 heterocycles. The molecule has 1 aromatic carbocycles. The van der Waals surface area contributed by atoms with Crippen LogP contribution in [0.2, 0.25) is 0 Å². The van der Waals surface area contributed by atoms with E-state index in [9.17, 15) is 8.42 Å². The zero-order valence-corrected chi connectivity index (χ0v) is 19.5. The van der Waals surface area contributed by atoms with Crippen molar-refractivity contribution in [3.63, 3.8) is 0 Å². The second-order valence-electron chi connectivity index (χ2n) is 7.72. The molecule has 7 nitrogen and oxygen atoms in total. The van der Waals surface area contributed by atoms with E-state index in [-0.39, 0.29) is 0 Å². The van der Waals surface area contributed by atoms with Gasteiger partial charge in [-0.3, -0.25) is 4.99 Å². The number of benzene rings is 1. The van der Waals surface area contributed by atoms with Gasteiger partial charge in [0.25, 0.3) is 0 Å². The standard InChI is InChI=1S/C21H31N5O2S2/c1-16-5-4-12-26(15-16)30(27,28)19-8-6-18(7-9-19)14-25-21(22-3)23-11-10-20-24-13-17(2)29-20/h6-9,13,16H,4-5,10-12,14-15H2,1-3H3,(H2,22,23,25). The number of hydrogen-bond acceptors (Lipinski definition) is 5. The van der Waals surface area contributed by atoms with Gasteiger partial charge in [0.05, 0.1) is 9.90 Å². The van der Waals surface area contributed by atoms with E-state index in [2.05, 4.69) is 34.5 Å². The van der Waals surface area contributed by atoms with Crippen LogP contribution in [0.25, 0.3) is 0 Å². The quantitative estimate of drug-likeness (QED) is 0.501. The van der Waals surface area contributed by atoms with Crippen LogP contribution in [0.15, 0.2) is 40.4 Å². The molecule has 0 spiro atoms. The Labute approximate surface area is 183 Å². The van der Waals surface area contributed by atoms with Gasteiger partial charge in [-0.1, -0.05) is 19.1 Å². The van der Waals surface area contributed by atoms with Gasteiger partial charge in [0.2, 0.25) is 10.0 Å². The molecule has 164 valence electrons. The van der Waals surface area contributed by atoms with Gasteiger partial charge in [0, 0.05) is 50.7 Å². The lowest BCUT2D eigenvalue weighted by Crippen LogP contribution is -2.39. The summed E-state index contributed by atoms with van der Waals surface area (Å²) in [6.07, 6.45) is 4.76. The van der Waals surface area contributed by atoms with Gasteiger partial charge in [0.1, 0.15) is 0 Å². The number of piperidine rings is 1. The highest BCUT2D eigenvalue weighted by atomic mass is 32.2. The Morgan fingerprint density at radius 2 is 2.07 bits per heavy atom. The number of hydrogen-bond donors (Lipinski definition) is 2. The lowest BCUT2D eigenvalue weighted by Gasteiger charge is -2.30. The molecule has 30 heavy (non-hydrogen) atoms. The van der Waals surface area contributed by atoms with E-state index in [1.807, 2.05) is 18.3 Å². The molecule has 0 bridgehead atoms. The molecule has 1 saturated heterocycles. The number of aromatic nitrogens is 1. The maximum absolute atomic E-state index is 12.9. The molecule has 3 rings (SSSR count). The summed E-state index contributed by atoms with van der Waals surface area (Å²) >= 11 is 1.71. The number of rotatable bonds is 7. The second kappa shape index (κ2) is 10.4. The highest BCUT2D eigenvalue weighted by molar-refractivity contribution is 7.89. The van der Waals surface area contributed by atoms with E-state index >= 15 is 0 Å². The summed E-state index contributed by atoms with van der Waals surface area (Å²) in [5.74, 6) is 1.12.